The fourth-order valence-electron chi connectivity index (χ4n) is 3.12. The zero-order valence-electron chi connectivity index (χ0n) is 24.2. The summed E-state index contributed by atoms with van der Waals surface area (Å²) < 4.78 is 35.7. The molecule has 0 N–H and O–H groups in total. The Morgan fingerprint density at radius 1 is 0.614 bits per heavy atom. The molecule has 0 atom stereocenters. The van der Waals surface area contributed by atoms with Crippen molar-refractivity contribution < 1.29 is 33.0 Å². The number of hydrogen-bond donors (Lipinski definition) is 0. The Hall–Kier alpha value is -4.23. The van der Waals surface area contributed by atoms with E-state index in [4.69, 9.17) is 0 Å². The van der Waals surface area contributed by atoms with E-state index in [9.17, 15) is 33.0 Å². The van der Waals surface area contributed by atoms with Gasteiger partial charge in [-0.2, -0.15) is 0 Å². The van der Waals surface area contributed by atoms with Gasteiger partial charge in [0.2, 0.25) is 0 Å². The van der Waals surface area contributed by atoms with Gasteiger partial charge in [-0.05, 0) is 116 Å². The summed E-state index contributed by atoms with van der Waals surface area (Å²) in [6.45, 7) is 3.54. The van der Waals surface area contributed by atoms with E-state index in [1.165, 1.54) is 73.9 Å². The van der Waals surface area contributed by atoms with Crippen LogP contribution in [-0.2, 0) is 9.59 Å². The number of carboxylic acid groups (broad SMARTS) is 2. The van der Waals surface area contributed by atoms with Crippen LogP contribution >= 0.6 is 0 Å². The zero-order valence-corrected chi connectivity index (χ0v) is 26.7. The molecular weight excluding hydrogens is 675 g/mol. The van der Waals surface area contributed by atoms with Crippen molar-refractivity contribution in [1.29, 1.82) is 0 Å². The average molecular weight is 705 g/mol. The minimum Gasteiger partial charge on any atom is -0.545 e. The molecule has 0 spiro atoms. The SMILES string of the molecule is C/C(=C/C(=O)[O-])C1=CC=CC1.C/C(=C/C(=O)[O-])C1=CC=CC1.FC1=CC=C=C[CH]1.FC1=CC=C=C[CH]1.FC1=CC=C=C[CH]1.[Sb]. The van der Waals surface area contributed by atoms with Gasteiger partial charge in [-0.15, -0.1) is 17.2 Å². The first kappa shape index (κ1) is 39.8. The summed E-state index contributed by atoms with van der Waals surface area (Å²) in [7, 11) is 0. The number of allylic oxidation sites excluding steroid dienone is 19. The first-order chi connectivity index (χ1) is 20.6. The summed E-state index contributed by atoms with van der Waals surface area (Å²) in [5, 5.41) is 20.3. The van der Waals surface area contributed by atoms with Gasteiger partial charge in [0, 0.05) is 43.7 Å². The smallest absolute Gasteiger partial charge is 0.109 e. The van der Waals surface area contributed by atoms with Crippen molar-refractivity contribution in [1.82, 2.24) is 0 Å². The number of rotatable bonds is 4. The second-order valence-electron chi connectivity index (χ2n) is 8.60. The molecule has 0 amide bonds. The van der Waals surface area contributed by atoms with E-state index in [1.54, 1.807) is 13.8 Å². The molecule has 0 aromatic heterocycles. The van der Waals surface area contributed by atoms with Gasteiger partial charge in [-0.1, -0.05) is 36.5 Å². The third-order valence-electron chi connectivity index (χ3n) is 5.26. The number of aliphatic carboxylic acids is 2. The molecule has 0 aliphatic heterocycles. The largest absolute Gasteiger partial charge is 0.545 e. The number of hydrogen-bond acceptors (Lipinski definition) is 4. The van der Waals surface area contributed by atoms with Gasteiger partial charge in [0.05, 0.1) is 11.9 Å². The van der Waals surface area contributed by atoms with E-state index in [2.05, 4.69) is 17.2 Å². The molecule has 0 saturated carbocycles. The van der Waals surface area contributed by atoms with E-state index in [-0.39, 0.29) is 41.9 Å². The van der Waals surface area contributed by atoms with E-state index >= 15 is 0 Å². The first-order valence-electron chi connectivity index (χ1n) is 12.9. The van der Waals surface area contributed by atoms with E-state index in [0.717, 1.165) is 47.3 Å². The Balaban J connectivity index is 0.000000531. The van der Waals surface area contributed by atoms with Crippen LogP contribution in [0.4, 0.5) is 13.2 Å². The van der Waals surface area contributed by atoms with Crippen LogP contribution in [0.2, 0.25) is 0 Å². The van der Waals surface area contributed by atoms with Crippen LogP contribution in [0, 0.1) is 19.3 Å². The van der Waals surface area contributed by atoms with Crippen LogP contribution in [-0.4, -0.2) is 36.4 Å². The van der Waals surface area contributed by atoms with Gasteiger partial charge in [0.25, 0.3) is 0 Å². The van der Waals surface area contributed by atoms with Crippen molar-refractivity contribution in [3.63, 3.8) is 0 Å². The fraction of sp³-hybridized carbons (Fsp3) is 0.111. The molecular formula is C36H30F3O4Sb-2. The summed E-state index contributed by atoms with van der Waals surface area (Å²) in [6, 6.07) is 0. The van der Waals surface area contributed by atoms with Gasteiger partial charge in [-0.3, -0.25) is 0 Å². The van der Waals surface area contributed by atoms with Crippen LogP contribution in [0.1, 0.15) is 26.7 Å². The fourth-order valence-corrected chi connectivity index (χ4v) is 3.12. The topological polar surface area (TPSA) is 80.3 Å². The minimum atomic E-state index is -1.13. The summed E-state index contributed by atoms with van der Waals surface area (Å²) in [6.07, 6.45) is 32.9. The van der Waals surface area contributed by atoms with Crippen molar-refractivity contribution >= 4 is 36.4 Å². The van der Waals surface area contributed by atoms with Gasteiger partial charge >= 0.3 is 0 Å². The van der Waals surface area contributed by atoms with Crippen LogP contribution in [0.5, 0.6) is 0 Å². The molecule has 0 heterocycles. The van der Waals surface area contributed by atoms with Gasteiger partial charge in [0.15, 0.2) is 0 Å². The summed E-state index contributed by atoms with van der Waals surface area (Å²) in [4.78, 5) is 20.3. The Morgan fingerprint density at radius 3 is 1.09 bits per heavy atom. The van der Waals surface area contributed by atoms with Crippen molar-refractivity contribution in [2.45, 2.75) is 26.7 Å². The quantitative estimate of drug-likeness (QED) is 0.203. The predicted molar refractivity (Wildman–Crippen MR) is 165 cm³/mol. The summed E-state index contributed by atoms with van der Waals surface area (Å²) in [5.74, 6) is -2.89. The Bertz CT molecular complexity index is 1340. The van der Waals surface area contributed by atoms with Gasteiger partial charge in [0.1, 0.15) is 17.5 Å². The van der Waals surface area contributed by atoms with Gasteiger partial charge in [-0.25, -0.2) is 13.2 Å². The molecule has 0 aromatic rings. The molecule has 6 radical (unpaired) electrons. The number of halogens is 3. The maximum absolute atomic E-state index is 11.9. The van der Waals surface area contributed by atoms with E-state index in [0.29, 0.717) is 0 Å². The molecule has 4 nitrogen and oxygen atoms in total. The van der Waals surface area contributed by atoms with Crippen LogP contribution in [0.3, 0.4) is 0 Å². The third-order valence-corrected chi connectivity index (χ3v) is 5.26. The average Bonchev–Trinajstić information content (AvgIpc) is 3.71. The summed E-state index contributed by atoms with van der Waals surface area (Å²) >= 11 is 0. The Kier molecular flexibility index (Phi) is 21.9. The summed E-state index contributed by atoms with van der Waals surface area (Å²) in [5.41, 5.74) is 11.7. The van der Waals surface area contributed by atoms with Crippen LogP contribution in [0.25, 0.3) is 0 Å². The molecule has 0 saturated heterocycles. The third kappa shape index (κ3) is 20.6. The standard InChI is InChI=1S/2C9H10O2.3C6H4F.Sb/c2*1-7(6-9(10)11)8-4-2-3-5-8;3*7-6-4-2-1-3-5-6;/h2*2-4,6H,5H2,1H3,(H,10,11);3*2-5H;/p-2/b2*7-6-;;;;. The number of carbonyl (C=O) groups is 2. The molecule has 226 valence electrons. The molecule has 5 aliphatic rings. The maximum atomic E-state index is 11.9. The first-order valence-corrected chi connectivity index (χ1v) is 12.9. The minimum absolute atomic E-state index is 0. The normalized spacial score (nSPS) is 16.5. The number of carboxylic acids is 2. The van der Waals surface area contributed by atoms with Crippen molar-refractivity contribution in [3.05, 3.63) is 180 Å². The maximum Gasteiger partial charge on any atom is 0.109 e. The zero-order chi connectivity index (χ0) is 31.9. The molecule has 0 unspecified atom stereocenters. The Labute approximate surface area is 274 Å². The van der Waals surface area contributed by atoms with Crippen molar-refractivity contribution in [2.75, 3.05) is 0 Å². The van der Waals surface area contributed by atoms with Crippen LogP contribution in [0.15, 0.2) is 160 Å². The molecule has 44 heavy (non-hydrogen) atoms. The Morgan fingerprint density at radius 2 is 0.932 bits per heavy atom. The predicted octanol–water partition coefficient (Wildman–Crippen LogP) is 6.06. The van der Waals surface area contributed by atoms with Gasteiger partial charge < -0.3 is 19.8 Å². The molecule has 0 bridgehead atoms. The second kappa shape index (κ2) is 24.2. The van der Waals surface area contributed by atoms with E-state index < -0.39 is 11.9 Å². The molecule has 0 fully saturated rings. The molecule has 0 aromatic carbocycles. The van der Waals surface area contributed by atoms with Crippen LogP contribution < -0.4 is 10.2 Å². The number of carbonyl (C=O) groups excluding carboxylic acids is 2. The molecule has 8 heteroatoms. The van der Waals surface area contributed by atoms with Crippen molar-refractivity contribution in [2.24, 2.45) is 0 Å². The molecule has 5 rings (SSSR count). The second-order valence-corrected chi connectivity index (χ2v) is 8.60. The van der Waals surface area contributed by atoms with Crippen molar-refractivity contribution in [3.8, 4) is 0 Å². The molecule has 5 aliphatic carbocycles. The van der Waals surface area contributed by atoms with E-state index in [1.807, 2.05) is 36.5 Å². The monoisotopic (exact) mass is 704 g/mol.